The monoisotopic (exact) mass is 352 g/mol. The van der Waals surface area contributed by atoms with Crippen LogP contribution in [0.2, 0.25) is 5.02 Å². The number of alkyl halides is 3. The fourth-order valence-electron chi connectivity index (χ4n) is 2.25. The van der Waals surface area contributed by atoms with E-state index in [0.29, 0.717) is 28.5 Å². The molecule has 1 aromatic carbocycles. The summed E-state index contributed by atoms with van der Waals surface area (Å²) in [4.78, 5) is 3.89. The highest BCUT2D eigenvalue weighted by Crippen LogP contribution is 2.30. The number of nitrogens with two attached hydrogens (primary N) is 1. The molecule has 0 aliphatic rings. The van der Waals surface area contributed by atoms with E-state index in [0.717, 1.165) is 17.7 Å². The first kappa shape index (κ1) is 16.3. The summed E-state index contributed by atoms with van der Waals surface area (Å²) in [6, 6.07) is 6.62. The molecule has 0 aliphatic carbocycles. The minimum absolute atomic E-state index is 0.338. The van der Waals surface area contributed by atoms with E-state index in [4.69, 9.17) is 17.3 Å². The molecule has 124 valence electrons. The number of nitrogen functional groups attached to an aromatic ring is 1. The van der Waals surface area contributed by atoms with Crippen LogP contribution in [0, 0.1) is 0 Å². The first-order valence-corrected chi connectivity index (χ1v) is 7.31. The third-order valence-corrected chi connectivity index (χ3v) is 3.75. The van der Waals surface area contributed by atoms with Gasteiger partial charge in [0, 0.05) is 23.5 Å². The summed E-state index contributed by atoms with van der Waals surface area (Å²) in [6.45, 7) is 0.344. The molecule has 0 bridgehead atoms. The molecule has 0 amide bonds. The second-order valence-corrected chi connectivity index (χ2v) is 5.62. The number of pyridine rings is 1. The summed E-state index contributed by atoms with van der Waals surface area (Å²) in [5, 5.41) is 4.65. The molecule has 0 radical (unpaired) electrons. The number of hydrogen-bond acceptors (Lipinski definition) is 3. The van der Waals surface area contributed by atoms with E-state index >= 15 is 0 Å². The Morgan fingerprint density at radius 1 is 1.12 bits per heavy atom. The quantitative estimate of drug-likeness (QED) is 0.766. The lowest BCUT2D eigenvalue weighted by atomic mass is 10.1. The first-order chi connectivity index (χ1) is 11.3. The third-order valence-electron chi connectivity index (χ3n) is 3.45. The molecule has 0 unspecified atom stereocenters. The summed E-state index contributed by atoms with van der Waals surface area (Å²) in [6.07, 6.45) is 0.484. The fourth-order valence-corrected chi connectivity index (χ4v) is 2.46. The van der Waals surface area contributed by atoms with Crippen molar-refractivity contribution in [2.75, 3.05) is 5.73 Å². The van der Waals surface area contributed by atoms with E-state index < -0.39 is 11.7 Å². The lowest BCUT2D eigenvalue weighted by Crippen LogP contribution is -2.05. The van der Waals surface area contributed by atoms with Crippen LogP contribution in [0.15, 0.2) is 48.9 Å². The molecule has 8 heteroatoms. The Bertz CT molecular complexity index is 857. The van der Waals surface area contributed by atoms with Crippen molar-refractivity contribution in [1.29, 1.82) is 0 Å². The summed E-state index contributed by atoms with van der Waals surface area (Å²) >= 11 is 6.10. The molecule has 0 aliphatic heterocycles. The Kier molecular flexibility index (Phi) is 4.19. The molecule has 3 aromatic rings. The maximum atomic E-state index is 12.6. The minimum atomic E-state index is -4.34. The Morgan fingerprint density at radius 3 is 2.50 bits per heavy atom. The van der Waals surface area contributed by atoms with E-state index in [1.807, 2.05) is 0 Å². The Labute approximate surface area is 140 Å². The van der Waals surface area contributed by atoms with Crippen molar-refractivity contribution in [2.45, 2.75) is 12.7 Å². The number of rotatable bonds is 3. The maximum absolute atomic E-state index is 12.6. The van der Waals surface area contributed by atoms with Crippen LogP contribution in [-0.4, -0.2) is 14.8 Å². The van der Waals surface area contributed by atoms with Crippen molar-refractivity contribution < 1.29 is 13.2 Å². The molecule has 2 N–H and O–H groups in total. The van der Waals surface area contributed by atoms with Gasteiger partial charge in [0.15, 0.2) is 0 Å². The third kappa shape index (κ3) is 3.51. The molecule has 0 fully saturated rings. The van der Waals surface area contributed by atoms with Crippen molar-refractivity contribution in [1.82, 2.24) is 14.8 Å². The van der Waals surface area contributed by atoms with Crippen molar-refractivity contribution in [3.63, 3.8) is 0 Å². The molecular weight excluding hydrogens is 341 g/mol. The van der Waals surface area contributed by atoms with E-state index in [1.54, 1.807) is 23.1 Å². The van der Waals surface area contributed by atoms with Crippen LogP contribution in [0.4, 0.5) is 19.0 Å². The van der Waals surface area contributed by atoms with E-state index in [-0.39, 0.29) is 0 Å². The van der Waals surface area contributed by atoms with Crippen LogP contribution >= 0.6 is 11.6 Å². The second kappa shape index (κ2) is 6.16. The molecular formula is C16H12ClF3N4. The number of benzene rings is 1. The van der Waals surface area contributed by atoms with Crippen LogP contribution in [0.3, 0.4) is 0 Å². The van der Waals surface area contributed by atoms with Crippen LogP contribution in [0.25, 0.3) is 11.1 Å². The highest BCUT2D eigenvalue weighted by Gasteiger charge is 2.29. The van der Waals surface area contributed by atoms with Crippen molar-refractivity contribution >= 4 is 17.4 Å². The van der Waals surface area contributed by atoms with Gasteiger partial charge in [-0.15, -0.1) is 0 Å². The second-order valence-electron chi connectivity index (χ2n) is 5.21. The first-order valence-electron chi connectivity index (χ1n) is 6.93. The highest BCUT2D eigenvalue weighted by atomic mass is 35.5. The van der Waals surface area contributed by atoms with Gasteiger partial charge in [0.05, 0.1) is 23.3 Å². The number of halogens is 4. The molecule has 24 heavy (non-hydrogen) atoms. The van der Waals surface area contributed by atoms with Crippen LogP contribution in [-0.2, 0) is 12.7 Å². The Morgan fingerprint density at radius 2 is 1.83 bits per heavy atom. The summed E-state index contributed by atoms with van der Waals surface area (Å²) in [7, 11) is 0. The average Bonchev–Trinajstić information content (AvgIpc) is 2.97. The molecule has 4 nitrogen and oxygen atoms in total. The van der Waals surface area contributed by atoms with Gasteiger partial charge in [0.2, 0.25) is 0 Å². The molecule has 0 atom stereocenters. The molecule has 3 rings (SSSR count). The van der Waals surface area contributed by atoms with Gasteiger partial charge < -0.3 is 5.73 Å². The number of aromatic nitrogens is 3. The fraction of sp³-hybridized carbons (Fsp3) is 0.125. The summed E-state index contributed by atoms with van der Waals surface area (Å²) < 4.78 is 39.3. The lowest BCUT2D eigenvalue weighted by Gasteiger charge is -2.07. The van der Waals surface area contributed by atoms with E-state index in [9.17, 15) is 13.2 Å². The predicted octanol–water partition coefficient (Wildman–Crippen LogP) is 4.25. The predicted molar refractivity (Wildman–Crippen MR) is 85.4 cm³/mol. The number of hydrogen-bond donors (Lipinski definition) is 1. The van der Waals surface area contributed by atoms with Crippen molar-refractivity contribution in [2.24, 2.45) is 0 Å². The van der Waals surface area contributed by atoms with Gasteiger partial charge in [-0.05, 0) is 23.8 Å². The zero-order valence-electron chi connectivity index (χ0n) is 12.3. The summed E-state index contributed by atoms with van der Waals surface area (Å²) in [5.74, 6) is 0.338. The summed E-state index contributed by atoms with van der Waals surface area (Å²) in [5.41, 5.74) is 7.14. The highest BCUT2D eigenvalue weighted by molar-refractivity contribution is 6.33. The zero-order chi connectivity index (χ0) is 17.3. The topological polar surface area (TPSA) is 56.7 Å². The van der Waals surface area contributed by atoms with Gasteiger partial charge in [-0.2, -0.15) is 18.3 Å². The zero-order valence-corrected chi connectivity index (χ0v) is 13.0. The van der Waals surface area contributed by atoms with Crippen molar-refractivity contribution in [3.8, 4) is 11.1 Å². The smallest absolute Gasteiger partial charge is 0.384 e. The Hall–Kier alpha value is -2.54. The lowest BCUT2D eigenvalue weighted by molar-refractivity contribution is -0.137. The SMILES string of the molecule is Nc1cc(-c2cnn(Cc3ccc(C(F)(F)F)cc3)c2)c(Cl)cn1. The van der Waals surface area contributed by atoms with E-state index in [1.165, 1.54) is 18.3 Å². The minimum Gasteiger partial charge on any atom is -0.384 e. The Balaban J connectivity index is 1.80. The molecule has 2 heterocycles. The van der Waals surface area contributed by atoms with Gasteiger partial charge in [-0.25, -0.2) is 4.98 Å². The number of nitrogens with zero attached hydrogens (tertiary/aromatic N) is 3. The standard InChI is InChI=1S/C16H12ClF3N4/c17-14-7-22-15(21)5-13(14)11-6-23-24(9-11)8-10-1-3-12(4-2-10)16(18,19)20/h1-7,9H,8H2,(H2,21,22). The van der Waals surface area contributed by atoms with Gasteiger partial charge in [0.1, 0.15) is 5.82 Å². The molecule has 0 spiro atoms. The van der Waals surface area contributed by atoms with Gasteiger partial charge in [-0.3, -0.25) is 4.68 Å². The van der Waals surface area contributed by atoms with Crippen LogP contribution in [0.5, 0.6) is 0 Å². The van der Waals surface area contributed by atoms with Crippen molar-refractivity contribution in [3.05, 3.63) is 65.1 Å². The van der Waals surface area contributed by atoms with Crippen LogP contribution in [0.1, 0.15) is 11.1 Å². The molecule has 0 saturated carbocycles. The van der Waals surface area contributed by atoms with Gasteiger partial charge in [-0.1, -0.05) is 23.7 Å². The molecule has 0 saturated heterocycles. The van der Waals surface area contributed by atoms with Gasteiger partial charge >= 0.3 is 6.18 Å². The number of anilines is 1. The normalized spacial score (nSPS) is 11.7. The van der Waals surface area contributed by atoms with Crippen LogP contribution < -0.4 is 5.73 Å². The largest absolute Gasteiger partial charge is 0.416 e. The molecule has 2 aromatic heterocycles. The van der Waals surface area contributed by atoms with Gasteiger partial charge in [0.25, 0.3) is 0 Å². The van der Waals surface area contributed by atoms with E-state index in [2.05, 4.69) is 10.1 Å². The maximum Gasteiger partial charge on any atom is 0.416 e. The average molecular weight is 353 g/mol.